The Labute approximate surface area is 555 Å². The van der Waals surface area contributed by atoms with Crippen LogP contribution >= 0.6 is 0 Å². The molecular weight excluding hydrogens is 1230 g/mol. The third-order valence-electron chi connectivity index (χ3n) is 21.1. The molecule has 7 amide bonds. The first-order valence-corrected chi connectivity index (χ1v) is 34.7. The smallest absolute Gasteiger partial charge is 0.312 e. The maximum atomic E-state index is 14.5. The number of fused-ring (bicyclic) bond motifs is 6. The van der Waals surface area contributed by atoms with Crippen LogP contribution in [0.25, 0.3) is 0 Å². The fourth-order valence-electron chi connectivity index (χ4n) is 15.9. The summed E-state index contributed by atoms with van der Waals surface area (Å²) in [4.78, 5) is 105. The fourth-order valence-corrected chi connectivity index (χ4v) is 15.9. The lowest BCUT2D eigenvalue weighted by molar-refractivity contribution is -0.292. The molecule has 25 heteroatoms. The summed E-state index contributed by atoms with van der Waals surface area (Å²) in [5.74, 6) is -4.20. The van der Waals surface area contributed by atoms with Crippen LogP contribution in [-0.2, 0) is 87.5 Å². The number of hydrogen-bond acceptors (Lipinski definition) is 19. The van der Waals surface area contributed by atoms with Crippen molar-refractivity contribution in [2.75, 3.05) is 25.5 Å². The number of nitrogens with one attached hydrogen (secondary N) is 4. The van der Waals surface area contributed by atoms with Gasteiger partial charge in [-0.15, -0.1) is 0 Å². The molecule has 1 aromatic rings. The average molecular weight is 1330 g/mol. The van der Waals surface area contributed by atoms with Crippen molar-refractivity contribution in [3.8, 4) is 0 Å². The van der Waals surface area contributed by atoms with Gasteiger partial charge in [0.1, 0.15) is 55.0 Å². The summed E-state index contributed by atoms with van der Waals surface area (Å²) >= 11 is 0. The number of anilines is 1. The molecule has 0 aliphatic carbocycles. The zero-order chi connectivity index (χ0) is 67.2. The standard InChI is InChI=1S/C70H98N6O19/c1-37(2)60(75-56(79)12-8-7-9-28-76-57(80)22-23-58(76)81)68(84)74-49(11-10-27-72-69(71)85)67(83)73-42-15-13-41(14-16-42)36-87-59(82)24-17-43(77)33-54-61(86-6)48-32-44(78)31-46-19-21-51-62(90-46)66-65-64(92-51)63-55(93-65)35-70(94-63,95-66)26-25-47-30-39(4)50(88-47)20-18-45-29-38(3)40(5)52(89-45)34-53(48)91-54/h13-16,22-23,37-38,43,45-55,60-66,77H,4-5,7-12,17-21,24-36H2,1-3,6H3,(H,73,83)(H,74,84)(H,75,79)(H3,71,72,85)/t38-,43-,45+,46-,47+,48?,49+,50?,51+,52?,53?,54-,55-,60+,61-,62+,63?,64+,65-,66+,70+/m1/s1. The number of carbonyl (C=O) groups excluding carboxylic acids is 8. The molecule has 21 atom stereocenters. The van der Waals surface area contributed by atoms with E-state index >= 15 is 0 Å². The lowest BCUT2D eigenvalue weighted by atomic mass is 9.81. The van der Waals surface area contributed by atoms with Crippen LogP contribution < -0.4 is 27.0 Å². The first kappa shape index (κ1) is 70.3. The first-order valence-electron chi connectivity index (χ1n) is 34.7. The van der Waals surface area contributed by atoms with E-state index in [9.17, 15) is 43.5 Å². The predicted molar refractivity (Wildman–Crippen MR) is 341 cm³/mol. The number of unbranched alkanes of at least 4 members (excludes halogenated alkanes) is 2. The normalized spacial score (nSPS) is 35.1. The number of amides is 7. The number of aliphatic hydroxyl groups excluding tert-OH is 1. The molecule has 11 heterocycles. The van der Waals surface area contributed by atoms with E-state index in [4.69, 9.17) is 53.1 Å². The number of ketones is 1. The van der Waals surface area contributed by atoms with Gasteiger partial charge in [0.2, 0.25) is 17.7 Å². The molecule has 7 N–H and O–H groups in total. The van der Waals surface area contributed by atoms with Gasteiger partial charge in [0.25, 0.3) is 11.8 Å². The number of carbonyl (C=O) groups is 8. The number of nitrogens with zero attached hydrogens (tertiary/aromatic N) is 1. The molecular formula is C70H98N6O19. The Bertz CT molecular complexity index is 3000. The van der Waals surface area contributed by atoms with Gasteiger partial charge in [0.15, 0.2) is 5.79 Å². The number of aliphatic hydroxyl groups is 1. The van der Waals surface area contributed by atoms with E-state index in [1.807, 2.05) is 0 Å². The lowest BCUT2D eigenvalue weighted by Crippen LogP contribution is -2.61. The molecule has 12 rings (SSSR count). The van der Waals surface area contributed by atoms with E-state index in [2.05, 4.69) is 41.3 Å². The Hall–Kier alpha value is -6.00. The van der Waals surface area contributed by atoms with Crippen molar-refractivity contribution in [1.29, 1.82) is 0 Å². The minimum absolute atomic E-state index is 0.00758. The minimum atomic E-state index is -1.08. The number of benzene rings is 1. The molecule has 0 aromatic heterocycles. The number of imide groups is 1. The maximum absolute atomic E-state index is 14.5. The number of methoxy groups -OCH3 is 1. The largest absolute Gasteiger partial charge is 0.461 e. The second-order valence-corrected chi connectivity index (χ2v) is 28.3. The number of rotatable bonds is 24. The number of primary amides is 1. The number of hydrogen-bond donors (Lipinski definition) is 6. The number of nitrogens with two attached hydrogens (primary N) is 1. The van der Waals surface area contributed by atoms with Crippen LogP contribution in [0.3, 0.4) is 0 Å². The number of esters is 1. The van der Waals surface area contributed by atoms with Crippen molar-refractivity contribution in [3.63, 3.8) is 0 Å². The van der Waals surface area contributed by atoms with Crippen LogP contribution in [0.5, 0.6) is 0 Å². The minimum Gasteiger partial charge on any atom is -0.461 e. The lowest BCUT2D eigenvalue weighted by Gasteiger charge is -2.47. The van der Waals surface area contributed by atoms with Gasteiger partial charge in [-0.1, -0.05) is 52.5 Å². The number of urea groups is 1. The van der Waals surface area contributed by atoms with Crippen LogP contribution in [-0.4, -0.2) is 193 Å². The van der Waals surface area contributed by atoms with Crippen molar-refractivity contribution in [2.24, 2.45) is 23.5 Å². The molecule has 10 fully saturated rings. The van der Waals surface area contributed by atoms with Crippen molar-refractivity contribution in [2.45, 2.75) is 278 Å². The van der Waals surface area contributed by atoms with Crippen LogP contribution in [0.15, 0.2) is 60.7 Å². The first-order chi connectivity index (χ1) is 45.6. The Balaban J connectivity index is 0.674. The zero-order valence-electron chi connectivity index (χ0n) is 55.3. The Kier molecular flexibility index (Phi) is 23.1. The SMILES string of the molecule is C=C1C[C@@H]2CC[C@@]34C[C@H]5O[C@H]6[C@@H](O3)[C@H]3O[C@H](CC[C@@H]3O[C@H]6C5O4)CC(=O)CC3C(CC4O[C@@H](CCC1O2)C[C@@H](C)C4=C)O[C@H](C[C@H](O)CCC(=O)OCc1ccc(NC(=O)[C@H](CCCNC(N)=O)NC(=O)[C@@H](NC(=O)CCCCCN2C(=O)C=CC2=O)C(C)C)cc1)[C@@H]3OC. The topological polar surface area (TPSA) is 326 Å². The highest BCUT2D eigenvalue weighted by Gasteiger charge is 2.69. The van der Waals surface area contributed by atoms with Crippen molar-refractivity contribution in [1.82, 2.24) is 20.9 Å². The summed E-state index contributed by atoms with van der Waals surface area (Å²) in [7, 11) is 1.60. The van der Waals surface area contributed by atoms with Crippen LogP contribution in [0, 0.1) is 17.8 Å². The molecule has 0 radical (unpaired) electrons. The maximum Gasteiger partial charge on any atom is 0.312 e. The Morgan fingerprint density at radius 1 is 0.737 bits per heavy atom. The van der Waals surface area contributed by atoms with Gasteiger partial charge in [0.05, 0.1) is 67.1 Å². The summed E-state index contributed by atoms with van der Waals surface area (Å²) in [5, 5.41) is 22.5. The second-order valence-electron chi connectivity index (χ2n) is 28.3. The molecule has 1 aromatic carbocycles. The third kappa shape index (κ3) is 17.1. The van der Waals surface area contributed by atoms with E-state index in [0.29, 0.717) is 62.6 Å². The van der Waals surface area contributed by atoms with Gasteiger partial charge in [-0.05, 0) is 118 Å². The molecule has 11 aliphatic rings. The molecule has 1 spiro atoms. The molecule has 522 valence electrons. The van der Waals surface area contributed by atoms with Crippen molar-refractivity contribution < 1.29 is 90.8 Å². The van der Waals surface area contributed by atoms with Crippen molar-refractivity contribution in [3.05, 3.63) is 66.3 Å². The molecule has 5 unspecified atom stereocenters. The van der Waals surface area contributed by atoms with Gasteiger partial charge in [-0.25, -0.2) is 4.79 Å². The quantitative estimate of drug-likeness (QED) is 0.0322. The molecule has 95 heavy (non-hydrogen) atoms. The Morgan fingerprint density at radius 3 is 2.22 bits per heavy atom. The molecule has 10 saturated heterocycles. The van der Waals surface area contributed by atoms with E-state index < -0.39 is 84.2 Å². The number of ether oxygens (including phenoxy) is 10. The molecule has 12 bridgehead atoms. The van der Waals surface area contributed by atoms with Gasteiger partial charge in [-0.3, -0.25) is 38.5 Å². The van der Waals surface area contributed by atoms with Gasteiger partial charge >= 0.3 is 12.0 Å². The van der Waals surface area contributed by atoms with E-state index in [1.165, 1.54) is 12.2 Å². The summed E-state index contributed by atoms with van der Waals surface area (Å²) in [5.41, 5.74) is 8.31. The summed E-state index contributed by atoms with van der Waals surface area (Å²) < 4.78 is 66.5. The predicted octanol–water partition coefficient (Wildman–Crippen LogP) is 5.50. The third-order valence-corrected chi connectivity index (χ3v) is 21.1. The zero-order valence-corrected chi connectivity index (χ0v) is 55.3. The molecule has 0 saturated carbocycles. The monoisotopic (exact) mass is 1330 g/mol. The van der Waals surface area contributed by atoms with Crippen LogP contribution in [0.2, 0.25) is 0 Å². The molecule has 11 aliphatic heterocycles. The van der Waals surface area contributed by atoms with E-state index in [1.54, 1.807) is 45.2 Å². The highest BCUT2D eigenvalue weighted by atomic mass is 16.8. The fraction of sp³-hybridized carbons (Fsp3) is 0.714. The van der Waals surface area contributed by atoms with Crippen molar-refractivity contribution >= 4 is 53.0 Å². The van der Waals surface area contributed by atoms with E-state index in [0.717, 1.165) is 48.2 Å². The summed E-state index contributed by atoms with van der Waals surface area (Å²) in [6, 6.07) is 3.80. The molecule has 25 nitrogen and oxygen atoms in total. The number of Topliss-reactive ketones (excluding diaryl/α,β-unsaturated/α-hetero) is 1. The van der Waals surface area contributed by atoms with Crippen LogP contribution in [0.4, 0.5) is 10.5 Å². The second kappa shape index (κ2) is 31.2. The van der Waals surface area contributed by atoms with Gasteiger partial charge < -0.3 is 79.5 Å². The van der Waals surface area contributed by atoms with E-state index in [-0.39, 0.29) is 167 Å². The summed E-state index contributed by atoms with van der Waals surface area (Å²) in [6.45, 7) is 15.0. The summed E-state index contributed by atoms with van der Waals surface area (Å²) in [6.07, 6.45) is 6.18. The Morgan fingerprint density at radius 2 is 1.46 bits per heavy atom. The van der Waals surface area contributed by atoms with Gasteiger partial charge in [-0.2, -0.15) is 0 Å². The highest BCUT2D eigenvalue weighted by Crippen LogP contribution is 2.55. The van der Waals surface area contributed by atoms with Gasteiger partial charge in [0, 0.05) is 95.3 Å². The average Bonchev–Trinajstić information content (AvgIpc) is 1.55. The van der Waals surface area contributed by atoms with Crippen LogP contribution in [0.1, 0.15) is 161 Å². The highest BCUT2D eigenvalue weighted by molar-refractivity contribution is 6.12.